The fourth-order valence-corrected chi connectivity index (χ4v) is 17.8. The second-order valence-corrected chi connectivity index (χ2v) is 42.3. The molecule has 18 aromatic rings. The van der Waals surface area contributed by atoms with Gasteiger partial charge in [-0.25, -0.2) is 31.9 Å². The molecule has 8 aromatic heterocycles. The van der Waals surface area contributed by atoms with Crippen molar-refractivity contribution < 1.29 is 84.7 Å². The van der Waals surface area contributed by atoms with E-state index >= 15 is 0 Å². The Morgan fingerprint density at radius 1 is 0.483 bits per heavy atom. The first-order valence-electron chi connectivity index (χ1n) is 43.6. The molecular formula is C101H89F5Ir2N8O2Si2-4. The first-order chi connectivity index (χ1) is 60.4. The molecule has 0 unspecified atom stereocenters. The van der Waals surface area contributed by atoms with E-state index in [0.717, 1.165) is 55.3 Å². The average molecular weight is 1990 g/mol. The van der Waals surface area contributed by atoms with Crippen molar-refractivity contribution >= 4 is 92.7 Å². The Labute approximate surface area is 739 Å². The van der Waals surface area contributed by atoms with Gasteiger partial charge in [-0.15, -0.1) is 108 Å². The van der Waals surface area contributed by atoms with E-state index in [-0.39, 0.29) is 85.6 Å². The van der Waals surface area contributed by atoms with Gasteiger partial charge in [0, 0.05) is 111 Å². The van der Waals surface area contributed by atoms with Gasteiger partial charge in [-0.2, -0.15) is 0 Å². The number of halogens is 5. The fourth-order valence-electron chi connectivity index (χ4n) is 14.8. The topological polar surface area (TPSA) is 113 Å². The Morgan fingerprint density at radius 2 is 1.04 bits per heavy atom. The summed E-state index contributed by atoms with van der Waals surface area (Å²) in [6.45, 7) is 20.8. The molecule has 0 saturated carbocycles. The fraction of sp³-hybridized carbons (Fsp3) is 0.188. The summed E-state index contributed by atoms with van der Waals surface area (Å²) in [5.41, 5.74) is 12.9. The van der Waals surface area contributed by atoms with E-state index in [1.807, 2.05) is 188 Å². The van der Waals surface area contributed by atoms with E-state index in [2.05, 4.69) is 99.0 Å². The number of nitrogens with zero attached hydrogens (tertiary/aromatic N) is 8. The molecule has 0 bridgehead atoms. The Hall–Kier alpha value is -11.3. The standard InChI is InChI=1S/C32H19F3N3O.C30H16F2N3O.C20H28NSi.C19H26NSi.2Ir/c1-17-7-5-8-18(2)29(17)38-27-12-4-3-11-26(27)37-31(38)22-10-6-9-21-23-13-19(16-36-32(23)39-30(21)22)28-24(34)14-20(33)15-25(28)35;31-22-12-7-13-23(32)27(22)25-17-16-20-19-10-6-11-21(28(19)36-30(20)34-25)29-33-24-14-4-5-15-26(24)35(29)18-8-2-1-3-9-18;1-15-19(22(5,6)7)17(14-20(2,3)4)13-18(21-15)16-11-9-8-10-12-16;1-14(2)12-17-13-18(21(4,5)6)15(3)20-19(17)16-10-8-7-9-11-16;;/h3-9,11-16H,1-2H3;1-10,12-17H;8-11,13H,14H2,1-7H3;7-10,13-14H,12H2,1-6H3;;/q4*-1;;/i;;1D3,14D2;3D3,12D2;;. The van der Waals surface area contributed by atoms with Crippen LogP contribution >= 0.6 is 0 Å². The molecule has 0 saturated heterocycles. The Bertz CT molecular complexity index is 7220. The van der Waals surface area contributed by atoms with E-state index in [1.54, 1.807) is 54.6 Å². The van der Waals surface area contributed by atoms with Gasteiger partial charge in [0.15, 0.2) is 0 Å². The van der Waals surface area contributed by atoms with E-state index in [0.29, 0.717) is 107 Å². The first kappa shape index (κ1) is 73.8. The number of hydrogen-bond donors (Lipinski definition) is 0. The summed E-state index contributed by atoms with van der Waals surface area (Å²) < 4.78 is 171. The smallest absolute Gasteiger partial charge is 0.216 e. The molecule has 10 nitrogen and oxygen atoms in total. The second-order valence-electron chi connectivity index (χ2n) is 32.2. The van der Waals surface area contributed by atoms with Gasteiger partial charge in [0.25, 0.3) is 0 Å². The molecule has 10 aromatic carbocycles. The number of pyridine rings is 4. The van der Waals surface area contributed by atoms with Gasteiger partial charge in [0.1, 0.15) is 29.1 Å². The monoisotopic (exact) mass is 1990 g/mol. The largest absolute Gasteiger partial charge is 0.486 e. The van der Waals surface area contributed by atoms with Crippen LogP contribution in [0.25, 0.3) is 145 Å². The summed E-state index contributed by atoms with van der Waals surface area (Å²) in [4.78, 5) is 27.8. The minimum absolute atomic E-state index is 0. The van der Waals surface area contributed by atoms with Crippen molar-refractivity contribution in [3.8, 4) is 79.0 Å². The van der Waals surface area contributed by atoms with Crippen LogP contribution in [0, 0.1) is 92.2 Å². The van der Waals surface area contributed by atoms with Gasteiger partial charge in [-0.1, -0.05) is 186 Å². The Kier molecular flexibility index (Phi) is 21.9. The molecule has 610 valence electrons. The molecule has 0 spiro atoms. The average Bonchev–Trinajstić information content (AvgIpc) is 1.09. The minimum Gasteiger partial charge on any atom is -0.486 e. The zero-order valence-corrected chi connectivity index (χ0v) is 74.8. The molecule has 18 rings (SSSR count). The summed E-state index contributed by atoms with van der Waals surface area (Å²) in [5, 5.41) is 4.10. The van der Waals surface area contributed by atoms with Crippen molar-refractivity contribution in [1.82, 2.24) is 39.0 Å². The SMILES string of the molecule is Cc1cccc(C)c1-n1c(-c2[c-]ccc3c2oc2ncc(-c4c(F)cc(F)cc4F)cc23)nc2ccccc21.Fc1cccc(F)c1-c1ccc2c(n1)oc1c(-c3nc4ccccc4n3-c3ccccc3)[c-]ccc12.[2H]C([2H])([2H])c1nc(-c2[c-]cccc2)c(C([2H])([2H])C(C)C)cc1[Si](C)(C)C.[2H]C([2H])([2H])c1nc(-c2[c-]cccc2)cc(C([2H])([2H])C(C)(C)C)c1[Si](C)(C)C.[Ir].[Ir]. The van der Waals surface area contributed by atoms with Gasteiger partial charge in [-0.3, -0.25) is 9.97 Å². The van der Waals surface area contributed by atoms with Crippen LogP contribution in [0.15, 0.2) is 246 Å². The van der Waals surface area contributed by atoms with Gasteiger partial charge >= 0.3 is 0 Å². The van der Waals surface area contributed by atoms with E-state index in [4.69, 9.17) is 32.5 Å². The van der Waals surface area contributed by atoms with Gasteiger partial charge in [0.2, 0.25) is 11.4 Å². The molecular weight excluding hydrogens is 1890 g/mol. The Balaban J connectivity index is 0.000000149. The number of furan rings is 2. The van der Waals surface area contributed by atoms with Crippen molar-refractivity contribution in [1.29, 1.82) is 0 Å². The third-order valence-corrected chi connectivity index (χ3v) is 23.9. The summed E-state index contributed by atoms with van der Waals surface area (Å²) >= 11 is 0. The van der Waals surface area contributed by atoms with Gasteiger partial charge in [0.05, 0.1) is 77.9 Å². The molecule has 0 atom stereocenters. The van der Waals surface area contributed by atoms with Gasteiger partial charge in [-0.05, 0) is 151 Å². The zero-order valence-electron chi connectivity index (χ0n) is 78.0. The van der Waals surface area contributed by atoms with Gasteiger partial charge < -0.3 is 27.9 Å². The predicted molar refractivity (Wildman–Crippen MR) is 475 cm³/mol. The summed E-state index contributed by atoms with van der Waals surface area (Å²) in [6, 6.07) is 79.9. The van der Waals surface area contributed by atoms with Crippen LogP contribution in [0.1, 0.15) is 82.0 Å². The molecule has 8 heterocycles. The number of benzene rings is 10. The molecule has 2 radical (unpaired) electrons. The molecule has 120 heavy (non-hydrogen) atoms. The van der Waals surface area contributed by atoms with Crippen LogP contribution < -0.4 is 10.4 Å². The number of rotatable bonds is 13. The van der Waals surface area contributed by atoms with Crippen LogP contribution in [0.4, 0.5) is 22.0 Å². The molecule has 0 fully saturated rings. The van der Waals surface area contributed by atoms with Crippen LogP contribution in [0.3, 0.4) is 0 Å². The summed E-state index contributed by atoms with van der Waals surface area (Å²) in [7, 11) is -4.27. The quantitative estimate of drug-likeness (QED) is 0.0637. The normalized spacial score (nSPS) is 13.4. The molecule has 0 N–H and O–H groups in total. The third-order valence-electron chi connectivity index (χ3n) is 19.9. The summed E-state index contributed by atoms with van der Waals surface area (Å²) in [5.74, 6) is -3.30. The number of para-hydroxylation sites is 6. The number of fused-ring (bicyclic) bond motifs is 8. The van der Waals surface area contributed by atoms with Crippen molar-refractivity contribution in [2.45, 2.75) is 114 Å². The van der Waals surface area contributed by atoms with Crippen LogP contribution in [0.2, 0.25) is 39.3 Å². The maximum atomic E-state index is 14.5. The number of imidazole rings is 2. The van der Waals surface area contributed by atoms with Crippen LogP contribution in [-0.2, 0) is 53.0 Å². The van der Waals surface area contributed by atoms with Crippen molar-refractivity contribution in [3.63, 3.8) is 0 Å². The van der Waals surface area contributed by atoms with Crippen LogP contribution in [-0.4, -0.2) is 55.2 Å². The minimum atomic E-state index is -2.41. The predicted octanol–water partition coefficient (Wildman–Crippen LogP) is 25.8. The number of aromatic nitrogens is 8. The number of aryl methyl sites for hydroxylation is 4. The second kappa shape index (κ2) is 35.6. The maximum Gasteiger partial charge on any atom is 0.216 e. The van der Waals surface area contributed by atoms with Crippen molar-refractivity contribution in [2.24, 2.45) is 11.3 Å². The molecule has 0 amide bonds. The molecule has 0 aliphatic heterocycles. The first-order valence-corrected chi connectivity index (χ1v) is 45.6. The number of hydrogen-bond acceptors (Lipinski definition) is 8. The maximum absolute atomic E-state index is 14.5. The molecule has 19 heteroatoms. The van der Waals surface area contributed by atoms with Crippen molar-refractivity contribution in [3.05, 3.63) is 324 Å². The third kappa shape index (κ3) is 18.0. The summed E-state index contributed by atoms with van der Waals surface area (Å²) in [6.07, 6.45) is -2.03. The zero-order chi connectivity index (χ0) is 91.8. The van der Waals surface area contributed by atoms with E-state index in [9.17, 15) is 22.0 Å². The van der Waals surface area contributed by atoms with E-state index < -0.39 is 77.1 Å². The molecule has 0 aliphatic rings. The Morgan fingerprint density at radius 3 is 1.62 bits per heavy atom. The van der Waals surface area contributed by atoms with Crippen LogP contribution in [0.5, 0.6) is 0 Å². The van der Waals surface area contributed by atoms with Crippen molar-refractivity contribution in [2.75, 3.05) is 0 Å². The van der Waals surface area contributed by atoms with E-state index in [1.165, 1.54) is 24.4 Å². The molecule has 0 aliphatic carbocycles.